The Morgan fingerprint density at radius 3 is 2.78 bits per heavy atom. The van der Waals surface area contributed by atoms with Gasteiger partial charge in [0.15, 0.2) is 6.29 Å². The van der Waals surface area contributed by atoms with Crippen LogP contribution in [0.1, 0.15) is 77.2 Å². The van der Waals surface area contributed by atoms with Crippen molar-refractivity contribution in [2.75, 3.05) is 0 Å². The van der Waals surface area contributed by atoms with Crippen LogP contribution in [0.25, 0.3) is 0 Å². The molecule has 2 unspecified atom stereocenters. The SMILES string of the molecule is C[C@]12CC[C@@H](O)CC1=CC[C@@H]1[C@@H]2CC[C@]2(C)C(C3(C=O)CC(c4cccc([N+](=O)[O-])c4)=NO3)CC[C@@H]12. The van der Waals surface area contributed by atoms with E-state index < -0.39 is 10.5 Å². The number of aldehydes is 1. The quantitative estimate of drug-likeness (QED) is 0.255. The van der Waals surface area contributed by atoms with Crippen molar-refractivity contribution in [3.8, 4) is 0 Å². The third-order valence-corrected chi connectivity index (χ3v) is 11.0. The van der Waals surface area contributed by atoms with E-state index in [0.29, 0.717) is 35.4 Å². The van der Waals surface area contributed by atoms with E-state index in [1.807, 2.05) is 0 Å². The molecule has 0 amide bonds. The Bertz CT molecular complexity index is 1160. The Kier molecular flexibility index (Phi) is 5.45. The lowest BCUT2D eigenvalue weighted by Gasteiger charge is -2.58. The molecule has 1 aromatic rings. The van der Waals surface area contributed by atoms with Crippen LogP contribution in [0.2, 0.25) is 0 Å². The summed E-state index contributed by atoms with van der Waals surface area (Å²) in [6, 6.07) is 6.43. The van der Waals surface area contributed by atoms with E-state index in [2.05, 4.69) is 25.1 Å². The number of nitro benzene ring substituents is 1. The van der Waals surface area contributed by atoms with E-state index in [-0.39, 0.29) is 28.5 Å². The molecule has 0 saturated heterocycles. The number of carbonyl (C=O) groups is 1. The molecule has 0 bridgehead atoms. The van der Waals surface area contributed by atoms with Gasteiger partial charge in [-0.15, -0.1) is 0 Å². The molecule has 0 spiro atoms. The van der Waals surface area contributed by atoms with Crippen molar-refractivity contribution in [3.63, 3.8) is 0 Å². The molecule has 1 heterocycles. The van der Waals surface area contributed by atoms with Gasteiger partial charge in [0.25, 0.3) is 5.69 Å². The van der Waals surface area contributed by atoms with E-state index in [1.54, 1.807) is 12.1 Å². The normalized spacial score (nSPS) is 43.4. The van der Waals surface area contributed by atoms with Gasteiger partial charge in [-0.25, -0.2) is 0 Å². The van der Waals surface area contributed by atoms with Gasteiger partial charge in [0.2, 0.25) is 5.60 Å². The number of aliphatic hydroxyl groups is 1. The molecule has 36 heavy (non-hydrogen) atoms. The highest BCUT2D eigenvalue weighted by atomic mass is 16.7. The van der Waals surface area contributed by atoms with Gasteiger partial charge in [-0.1, -0.05) is 42.8 Å². The van der Waals surface area contributed by atoms with Crippen LogP contribution >= 0.6 is 0 Å². The fraction of sp³-hybridized carbons (Fsp3) is 0.655. The highest BCUT2D eigenvalue weighted by molar-refractivity contribution is 6.04. The number of allylic oxidation sites excluding steroid dienone is 1. The Morgan fingerprint density at radius 1 is 1.17 bits per heavy atom. The molecule has 6 rings (SSSR count). The predicted octanol–water partition coefficient (Wildman–Crippen LogP) is 5.60. The minimum atomic E-state index is -1.01. The topological polar surface area (TPSA) is 102 Å². The lowest BCUT2D eigenvalue weighted by atomic mass is 9.46. The van der Waals surface area contributed by atoms with Gasteiger partial charge < -0.3 is 9.94 Å². The standard InChI is InChI=1S/C29H36N2O5/c1-27-12-10-21(33)15-19(27)6-7-22-23-8-9-26(28(23,2)13-11-24(22)27)29(17-32)16-25(30-36-29)18-4-3-5-20(14-18)31(34)35/h3-6,14,17,21-24,26,33H,7-13,15-16H2,1-2H3/t21-,22+,23+,24+,26?,27+,28+,29?/m1/s1. The van der Waals surface area contributed by atoms with E-state index in [9.17, 15) is 20.0 Å². The number of hydrogen-bond acceptors (Lipinski definition) is 6. The minimum absolute atomic E-state index is 0.00832. The average Bonchev–Trinajstić information content (AvgIpc) is 3.46. The predicted molar refractivity (Wildman–Crippen MR) is 135 cm³/mol. The minimum Gasteiger partial charge on any atom is -0.393 e. The van der Waals surface area contributed by atoms with E-state index in [4.69, 9.17) is 4.84 Å². The Balaban J connectivity index is 1.26. The van der Waals surface area contributed by atoms with Gasteiger partial charge in [0.1, 0.15) is 0 Å². The third-order valence-electron chi connectivity index (χ3n) is 11.0. The molecule has 5 aliphatic rings. The van der Waals surface area contributed by atoms with E-state index >= 15 is 0 Å². The van der Waals surface area contributed by atoms with Crippen LogP contribution in [-0.4, -0.2) is 33.7 Å². The second kappa shape index (κ2) is 8.23. The summed E-state index contributed by atoms with van der Waals surface area (Å²) >= 11 is 0. The fourth-order valence-corrected chi connectivity index (χ4v) is 9.20. The van der Waals surface area contributed by atoms with E-state index in [0.717, 1.165) is 57.7 Å². The molecule has 8 atom stereocenters. The second-order valence-corrected chi connectivity index (χ2v) is 12.5. The molecule has 3 fully saturated rings. The number of aliphatic hydroxyl groups excluding tert-OH is 1. The van der Waals surface area contributed by atoms with Crippen molar-refractivity contribution in [1.82, 2.24) is 0 Å². The third kappa shape index (κ3) is 3.34. The molecule has 0 aromatic heterocycles. The van der Waals surface area contributed by atoms with Gasteiger partial charge in [0.05, 0.1) is 16.7 Å². The van der Waals surface area contributed by atoms with Gasteiger partial charge in [-0.2, -0.15) is 0 Å². The number of fused-ring (bicyclic) bond motifs is 5. The van der Waals surface area contributed by atoms with Crippen LogP contribution in [0.15, 0.2) is 41.1 Å². The monoisotopic (exact) mass is 492 g/mol. The van der Waals surface area contributed by atoms with Gasteiger partial charge in [-0.05, 0) is 80.0 Å². The number of nitrogens with zero attached hydrogens (tertiary/aromatic N) is 2. The smallest absolute Gasteiger partial charge is 0.270 e. The van der Waals surface area contributed by atoms with Crippen LogP contribution in [0.3, 0.4) is 0 Å². The molecule has 1 aromatic carbocycles. The van der Waals surface area contributed by atoms with Gasteiger partial charge in [0, 0.05) is 30.0 Å². The summed E-state index contributed by atoms with van der Waals surface area (Å²) in [5.74, 6) is 1.83. The van der Waals surface area contributed by atoms with Gasteiger partial charge in [-0.3, -0.25) is 14.9 Å². The fourth-order valence-electron chi connectivity index (χ4n) is 9.20. The molecule has 1 N–H and O–H groups in total. The van der Waals surface area contributed by atoms with Crippen molar-refractivity contribution in [2.24, 2.45) is 39.7 Å². The van der Waals surface area contributed by atoms with E-state index in [1.165, 1.54) is 17.7 Å². The van der Waals surface area contributed by atoms with Crippen molar-refractivity contribution < 1.29 is 19.7 Å². The lowest BCUT2D eigenvalue weighted by Crippen LogP contribution is -2.54. The summed E-state index contributed by atoms with van der Waals surface area (Å²) in [6.45, 7) is 4.81. The number of carbonyl (C=O) groups excluding carboxylic acids is 1. The Labute approximate surface area is 212 Å². The van der Waals surface area contributed by atoms with Crippen molar-refractivity contribution in [3.05, 3.63) is 51.6 Å². The summed E-state index contributed by atoms with van der Waals surface area (Å²) in [5.41, 5.74) is 1.92. The molecular formula is C29H36N2O5. The van der Waals surface area contributed by atoms with Crippen molar-refractivity contribution in [1.29, 1.82) is 0 Å². The summed E-state index contributed by atoms with van der Waals surface area (Å²) in [4.78, 5) is 29.6. The zero-order valence-electron chi connectivity index (χ0n) is 21.2. The maximum Gasteiger partial charge on any atom is 0.270 e. The first-order valence-corrected chi connectivity index (χ1v) is 13.5. The highest BCUT2D eigenvalue weighted by Crippen LogP contribution is 2.68. The number of nitro groups is 1. The van der Waals surface area contributed by atoms with Crippen LogP contribution in [0.4, 0.5) is 5.69 Å². The zero-order chi connectivity index (χ0) is 25.3. The number of non-ortho nitro benzene ring substituents is 1. The molecule has 7 heteroatoms. The maximum atomic E-state index is 12.7. The average molecular weight is 493 g/mol. The molecule has 1 aliphatic heterocycles. The van der Waals surface area contributed by atoms with Crippen LogP contribution in [0, 0.1) is 44.6 Å². The Morgan fingerprint density at radius 2 is 2.00 bits per heavy atom. The van der Waals surface area contributed by atoms with Gasteiger partial charge >= 0.3 is 0 Å². The summed E-state index contributed by atoms with van der Waals surface area (Å²) in [5, 5.41) is 25.9. The summed E-state index contributed by atoms with van der Waals surface area (Å²) in [6.07, 6.45) is 11.7. The van der Waals surface area contributed by atoms with Crippen LogP contribution in [-0.2, 0) is 9.63 Å². The number of hydrogen-bond donors (Lipinski definition) is 1. The molecule has 4 aliphatic carbocycles. The first kappa shape index (κ1) is 23.8. The van der Waals surface area contributed by atoms with Crippen LogP contribution < -0.4 is 0 Å². The van der Waals surface area contributed by atoms with Crippen molar-refractivity contribution in [2.45, 2.75) is 83.3 Å². The zero-order valence-corrected chi connectivity index (χ0v) is 21.2. The molecule has 192 valence electrons. The Hall–Kier alpha value is -2.54. The van der Waals surface area contributed by atoms with Crippen LogP contribution in [0.5, 0.6) is 0 Å². The largest absolute Gasteiger partial charge is 0.393 e. The first-order chi connectivity index (χ1) is 17.2. The number of rotatable bonds is 4. The highest BCUT2D eigenvalue weighted by Gasteiger charge is 2.64. The first-order valence-electron chi connectivity index (χ1n) is 13.5. The molecular weight excluding hydrogens is 456 g/mol. The van der Waals surface area contributed by atoms with Crippen molar-refractivity contribution >= 4 is 17.7 Å². The molecule has 3 saturated carbocycles. The second-order valence-electron chi connectivity index (χ2n) is 12.5. The molecule has 7 nitrogen and oxygen atoms in total. The number of benzene rings is 1. The summed E-state index contributed by atoms with van der Waals surface area (Å²) < 4.78 is 0. The lowest BCUT2D eigenvalue weighted by molar-refractivity contribution is -0.384. The molecule has 0 radical (unpaired) electrons. The maximum absolute atomic E-state index is 12.7. The summed E-state index contributed by atoms with van der Waals surface area (Å²) in [7, 11) is 0. The number of oxime groups is 1.